The molecular formula is C16H22N2O2S. The maximum Gasteiger partial charge on any atom is 0.183 e. The molecule has 114 valence electrons. The molecule has 4 nitrogen and oxygen atoms in total. The third-order valence-corrected chi connectivity index (χ3v) is 4.33. The van der Waals surface area contributed by atoms with Crippen LogP contribution in [0.3, 0.4) is 0 Å². The number of ether oxygens (including phenoxy) is 2. The van der Waals surface area contributed by atoms with Crippen LogP contribution in [0.1, 0.15) is 36.4 Å². The highest BCUT2D eigenvalue weighted by atomic mass is 32.1. The Balaban J connectivity index is 2.10. The van der Waals surface area contributed by atoms with E-state index in [4.69, 9.17) is 9.47 Å². The molecule has 21 heavy (non-hydrogen) atoms. The maximum atomic E-state index is 5.43. The van der Waals surface area contributed by atoms with E-state index in [1.807, 2.05) is 6.07 Å². The van der Waals surface area contributed by atoms with E-state index in [-0.39, 0.29) is 0 Å². The largest absolute Gasteiger partial charge is 0.493 e. The standard InChI is InChI=1S/C16H22N2O2S/c1-4-6-12(15-7-5-10-21-15)18-11-13-16(20-3)14(19-2)8-9-17-13/h5,7-10,12,18H,4,6,11H2,1-3H3. The average Bonchev–Trinajstić information content (AvgIpc) is 3.05. The molecule has 0 bridgehead atoms. The molecule has 1 N–H and O–H groups in total. The Hall–Kier alpha value is -1.59. The number of aromatic nitrogens is 1. The summed E-state index contributed by atoms with van der Waals surface area (Å²) in [4.78, 5) is 5.77. The fourth-order valence-electron chi connectivity index (χ4n) is 2.32. The van der Waals surface area contributed by atoms with E-state index in [9.17, 15) is 0 Å². The Kier molecular flexibility index (Phi) is 6.02. The molecule has 0 spiro atoms. The quantitative estimate of drug-likeness (QED) is 0.806. The van der Waals surface area contributed by atoms with Crippen LogP contribution in [0.2, 0.25) is 0 Å². The van der Waals surface area contributed by atoms with Gasteiger partial charge in [0.15, 0.2) is 11.5 Å². The summed E-state index contributed by atoms with van der Waals surface area (Å²) in [6.07, 6.45) is 3.99. The number of hydrogen-bond acceptors (Lipinski definition) is 5. The lowest BCUT2D eigenvalue weighted by atomic mass is 10.1. The van der Waals surface area contributed by atoms with Gasteiger partial charge in [0.2, 0.25) is 0 Å². The van der Waals surface area contributed by atoms with Crippen LogP contribution in [0.5, 0.6) is 11.5 Å². The number of pyridine rings is 1. The van der Waals surface area contributed by atoms with Crippen molar-refractivity contribution in [3.8, 4) is 11.5 Å². The molecule has 0 saturated carbocycles. The van der Waals surface area contributed by atoms with Gasteiger partial charge in [-0.2, -0.15) is 0 Å². The second-order valence-corrected chi connectivity index (χ2v) is 5.71. The van der Waals surface area contributed by atoms with Crippen LogP contribution in [0.15, 0.2) is 29.8 Å². The fourth-order valence-corrected chi connectivity index (χ4v) is 3.16. The fraction of sp³-hybridized carbons (Fsp3) is 0.438. The van der Waals surface area contributed by atoms with E-state index in [1.165, 1.54) is 4.88 Å². The second kappa shape index (κ2) is 8.00. The Bertz CT molecular complexity index is 543. The lowest BCUT2D eigenvalue weighted by molar-refractivity contribution is 0.346. The number of rotatable bonds is 8. The van der Waals surface area contributed by atoms with Gasteiger partial charge in [0.05, 0.1) is 19.9 Å². The van der Waals surface area contributed by atoms with Crippen molar-refractivity contribution in [1.29, 1.82) is 0 Å². The van der Waals surface area contributed by atoms with Gasteiger partial charge in [-0.15, -0.1) is 11.3 Å². The van der Waals surface area contributed by atoms with E-state index >= 15 is 0 Å². The van der Waals surface area contributed by atoms with Crippen LogP contribution in [0.4, 0.5) is 0 Å². The van der Waals surface area contributed by atoms with E-state index < -0.39 is 0 Å². The third-order valence-electron chi connectivity index (χ3n) is 3.35. The Morgan fingerprint density at radius 1 is 1.29 bits per heavy atom. The molecule has 0 saturated heterocycles. The summed E-state index contributed by atoms with van der Waals surface area (Å²) in [5.74, 6) is 1.42. The molecule has 0 aliphatic rings. The van der Waals surface area contributed by atoms with Crippen molar-refractivity contribution in [3.63, 3.8) is 0 Å². The Morgan fingerprint density at radius 3 is 2.76 bits per heavy atom. The predicted octanol–water partition coefficient (Wildman–Crippen LogP) is 3.79. The minimum absolute atomic E-state index is 0.354. The average molecular weight is 306 g/mol. The highest BCUT2D eigenvalue weighted by molar-refractivity contribution is 7.10. The SMILES string of the molecule is CCCC(NCc1nccc(OC)c1OC)c1cccs1. The second-order valence-electron chi connectivity index (χ2n) is 4.73. The van der Waals surface area contributed by atoms with Gasteiger partial charge in [-0.3, -0.25) is 4.98 Å². The van der Waals surface area contributed by atoms with Gasteiger partial charge in [-0.05, 0) is 17.9 Å². The van der Waals surface area contributed by atoms with Crippen molar-refractivity contribution in [3.05, 3.63) is 40.3 Å². The molecule has 2 rings (SSSR count). The van der Waals surface area contributed by atoms with Crippen LogP contribution < -0.4 is 14.8 Å². The normalized spacial score (nSPS) is 12.1. The van der Waals surface area contributed by atoms with Gasteiger partial charge in [0, 0.05) is 29.7 Å². The lowest BCUT2D eigenvalue weighted by Gasteiger charge is -2.18. The lowest BCUT2D eigenvalue weighted by Crippen LogP contribution is -2.21. The van der Waals surface area contributed by atoms with Gasteiger partial charge in [-0.1, -0.05) is 19.4 Å². The maximum absolute atomic E-state index is 5.43. The molecular weight excluding hydrogens is 284 g/mol. The summed E-state index contributed by atoms with van der Waals surface area (Å²) in [7, 11) is 3.28. The van der Waals surface area contributed by atoms with Crippen molar-refractivity contribution in [1.82, 2.24) is 10.3 Å². The molecule has 1 unspecified atom stereocenters. The van der Waals surface area contributed by atoms with Crippen LogP contribution in [-0.2, 0) is 6.54 Å². The van der Waals surface area contributed by atoms with E-state index in [1.54, 1.807) is 31.8 Å². The molecule has 0 fully saturated rings. The number of nitrogens with zero attached hydrogens (tertiary/aromatic N) is 1. The van der Waals surface area contributed by atoms with Crippen LogP contribution >= 0.6 is 11.3 Å². The smallest absolute Gasteiger partial charge is 0.183 e. The minimum Gasteiger partial charge on any atom is -0.493 e. The number of nitrogens with one attached hydrogen (secondary N) is 1. The molecule has 1 atom stereocenters. The molecule has 0 radical (unpaired) electrons. The van der Waals surface area contributed by atoms with E-state index in [0.29, 0.717) is 24.1 Å². The minimum atomic E-state index is 0.354. The number of thiophene rings is 1. The topological polar surface area (TPSA) is 43.4 Å². The van der Waals surface area contributed by atoms with Gasteiger partial charge in [0.1, 0.15) is 0 Å². The highest BCUT2D eigenvalue weighted by Crippen LogP contribution is 2.30. The van der Waals surface area contributed by atoms with Gasteiger partial charge in [-0.25, -0.2) is 0 Å². The third kappa shape index (κ3) is 3.95. The monoisotopic (exact) mass is 306 g/mol. The van der Waals surface area contributed by atoms with Crippen LogP contribution in [0.25, 0.3) is 0 Å². The molecule has 2 aromatic heterocycles. The molecule has 2 heterocycles. The van der Waals surface area contributed by atoms with Crippen LogP contribution in [-0.4, -0.2) is 19.2 Å². The zero-order chi connectivity index (χ0) is 15.1. The van der Waals surface area contributed by atoms with Crippen molar-refractivity contribution < 1.29 is 9.47 Å². The predicted molar refractivity (Wildman–Crippen MR) is 86.1 cm³/mol. The van der Waals surface area contributed by atoms with Crippen LogP contribution in [0, 0.1) is 0 Å². The molecule has 0 aromatic carbocycles. The number of methoxy groups -OCH3 is 2. The van der Waals surface area contributed by atoms with Gasteiger partial charge in [0.25, 0.3) is 0 Å². The molecule has 2 aromatic rings. The first kappa shape index (κ1) is 15.8. The zero-order valence-corrected chi connectivity index (χ0v) is 13.6. The summed E-state index contributed by atoms with van der Waals surface area (Å²) >= 11 is 1.78. The van der Waals surface area contributed by atoms with Gasteiger partial charge >= 0.3 is 0 Å². The van der Waals surface area contributed by atoms with E-state index in [2.05, 4.69) is 34.7 Å². The zero-order valence-electron chi connectivity index (χ0n) is 12.8. The molecule has 0 aliphatic carbocycles. The van der Waals surface area contributed by atoms with Crippen molar-refractivity contribution in [2.24, 2.45) is 0 Å². The number of hydrogen-bond donors (Lipinski definition) is 1. The summed E-state index contributed by atoms with van der Waals surface area (Å²) < 4.78 is 10.7. The molecule has 5 heteroatoms. The summed E-state index contributed by atoms with van der Waals surface area (Å²) in [5.41, 5.74) is 0.870. The highest BCUT2D eigenvalue weighted by Gasteiger charge is 2.15. The van der Waals surface area contributed by atoms with Crippen molar-refractivity contribution >= 4 is 11.3 Å². The van der Waals surface area contributed by atoms with Crippen molar-refractivity contribution in [2.45, 2.75) is 32.4 Å². The molecule has 0 amide bonds. The first-order valence-corrected chi connectivity index (χ1v) is 8.00. The first-order chi connectivity index (χ1) is 10.3. The van der Waals surface area contributed by atoms with Gasteiger partial charge < -0.3 is 14.8 Å². The molecule has 0 aliphatic heterocycles. The van der Waals surface area contributed by atoms with E-state index in [0.717, 1.165) is 18.5 Å². The Labute approximate surface area is 130 Å². The van der Waals surface area contributed by atoms with Crippen molar-refractivity contribution in [2.75, 3.05) is 14.2 Å². The summed E-state index contributed by atoms with van der Waals surface area (Å²) in [6, 6.07) is 6.43. The summed E-state index contributed by atoms with van der Waals surface area (Å²) in [6.45, 7) is 2.86. The first-order valence-electron chi connectivity index (χ1n) is 7.12. The Morgan fingerprint density at radius 2 is 2.14 bits per heavy atom. The summed E-state index contributed by atoms with van der Waals surface area (Å²) in [5, 5.41) is 5.69.